The predicted molar refractivity (Wildman–Crippen MR) is 62.7 cm³/mol. The molecule has 0 saturated carbocycles. The predicted octanol–water partition coefficient (Wildman–Crippen LogP) is 0.709. The highest BCUT2D eigenvalue weighted by Crippen LogP contribution is 2.15. The number of nitrogens with one attached hydrogen (secondary N) is 2. The summed E-state index contributed by atoms with van der Waals surface area (Å²) in [4.78, 5) is 13.9. The second-order valence-electron chi connectivity index (χ2n) is 3.14. The van der Waals surface area contributed by atoms with Gasteiger partial charge in [0.2, 0.25) is 0 Å². The summed E-state index contributed by atoms with van der Waals surface area (Å²) in [7, 11) is 1.31. The third-order valence-electron chi connectivity index (χ3n) is 1.92. The molecule has 0 unspecified atom stereocenters. The number of carbonyl (C=O) groups excluding carboxylic acids is 1. The maximum atomic E-state index is 11.5. The second-order valence-corrected chi connectivity index (χ2v) is 5.71. The van der Waals surface area contributed by atoms with Gasteiger partial charge in [0.05, 0.1) is 6.61 Å². The maximum Gasteiger partial charge on any atom is 0.267 e. The van der Waals surface area contributed by atoms with Crippen LogP contribution in [0.5, 0.6) is 0 Å². The van der Waals surface area contributed by atoms with Gasteiger partial charge in [-0.15, -0.1) is 0 Å². The molecule has 0 aliphatic carbocycles. The average Bonchev–Trinajstić information content (AvgIpc) is 2.72. The van der Waals surface area contributed by atoms with E-state index in [1.165, 1.54) is 12.3 Å². The lowest BCUT2D eigenvalue weighted by Gasteiger charge is -2.03. The fraction of sp³-hybridized carbons (Fsp3) is 0.444. The number of rotatable bonds is 6. The molecular weight excluding hydrogens is 268 g/mol. The molecule has 0 radical (unpaired) electrons. The topological polar surface area (TPSA) is 88.3 Å². The van der Waals surface area contributed by atoms with Gasteiger partial charge in [-0.05, 0) is 13.0 Å². The monoisotopic (exact) mass is 280 g/mol. The number of hydrogen-bond donors (Lipinski definition) is 2. The lowest BCUT2D eigenvalue weighted by Crippen LogP contribution is -2.27. The van der Waals surface area contributed by atoms with E-state index < -0.39 is 15.0 Å². The Balaban J connectivity index is 2.56. The van der Waals surface area contributed by atoms with E-state index in [-0.39, 0.29) is 10.6 Å². The van der Waals surface area contributed by atoms with Crippen molar-refractivity contribution < 1.29 is 17.9 Å². The van der Waals surface area contributed by atoms with E-state index in [2.05, 4.69) is 10.3 Å². The Labute approximate surface area is 104 Å². The Morgan fingerprint density at radius 2 is 2.29 bits per heavy atom. The van der Waals surface area contributed by atoms with Crippen molar-refractivity contribution in [1.82, 2.24) is 10.3 Å². The maximum absolute atomic E-state index is 11.5. The number of H-pyrrole nitrogens is 1. The van der Waals surface area contributed by atoms with Crippen LogP contribution in [0.2, 0.25) is 0 Å². The number of hydrogen-bond acceptors (Lipinski definition) is 4. The van der Waals surface area contributed by atoms with Gasteiger partial charge in [-0.1, -0.05) is 0 Å². The summed E-state index contributed by atoms with van der Waals surface area (Å²) >= 11 is 0. The molecule has 0 bridgehead atoms. The Morgan fingerprint density at radius 1 is 1.59 bits per heavy atom. The summed E-state index contributed by atoms with van der Waals surface area (Å²) in [5.41, 5.74) is 0.140. The van der Waals surface area contributed by atoms with Crippen molar-refractivity contribution in [2.24, 2.45) is 0 Å². The Bertz CT molecular complexity index is 483. The van der Waals surface area contributed by atoms with Crippen LogP contribution in [0.4, 0.5) is 0 Å². The Hall–Kier alpha value is -1.05. The molecule has 2 N–H and O–H groups in total. The van der Waals surface area contributed by atoms with Gasteiger partial charge < -0.3 is 15.0 Å². The summed E-state index contributed by atoms with van der Waals surface area (Å²) in [5, 5.41) is 2.57. The van der Waals surface area contributed by atoms with Crippen molar-refractivity contribution in [2.75, 3.05) is 19.8 Å². The van der Waals surface area contributed by atoms with Crippen molar-refractivity contribution in [2.45, 2.75) is 11.8 Å². The van der Waals surface area contributed by atoms with E-state index >= 15 is 0 Å². The summed E-state index contributed by atoms with van der Waals surface area (Å²) in [6, 6.07) is 1.18. The van der Waals surface area contributed by atoms with E-state index in [1.54, 1.807) is 0 Å². The highest BCUT2D eigenvalue weighted by atomic mass is 35.7. The smallest absolute Gasteiger partial charge is 0.267 e. The summed E-state index contributed by atoms with van der Waals surface area (Å²) in [6.07, 6.45) is 1.17. The second kappa shape index (κ2) is 6.04. The van der Waals surface area contributed by atoms with Crippen LogP contribution in [-0.4, -0.2) is 39.1 Å². The molecular formula is C9H13ClN2O4S. The molecule has 0 fully saturated rings. The van der Waals surface area contributed by atoms with Gasteiger partial charge in [0.25, 0.3) is 15.0 Å². The van der Waals surface area contributed by atoms with Gasteiger partial charge in [-0.3, -0.25) is 4.79 Å². The van der Waals surface area contributed by atoms with Gasteiger partial charge in [0.1, 0.15) is 10.6 Å². The molecule has 6 nitrogen and oxygen atoms in total. The molecule has 17 heavy (non-hydrogen) atoms. The zero-order chi connectivity index (χ0) is 12.9. The number of halogens is 1. The minimum Gasteiger partial charge on any atom is -0.380 e. The molecule has 0 aromatic carbocycles. The van der Waals surface area contributed by atoms with E-state index in [1.807, 2.05) is 6.92 Å². The zero-order valence-electron chi connectivity index (χ0n) is 9.20. The van der Waals surface area contributed by atoms with Crippen LogP contribution >= 0.6 is 10.7 Å². The van der Waals surface area contributed by atoms with Crippen LogP contribution in [0.3, 0.4) is 0 Å². The molecule has 0 aliphatic heterocycles. The molecule has 1 rings (SSSR count). The van der Waals surface area contributed by atoms with E-state index in [0.29, 0.717) is 19.8 Å². The fourth-order valence-electron chi connectivity index (χ4n) is 1.12. The highest BCUT2D eigenvalue weighted by Gasteiger charge is 2.15. The van der Waals surface area contributed by atoms with Gasteiger partial charge in [0.15, 0.2) is 0 Å². The number of aromatic nitrogens is 1. The third kappa shape index (κ3) is 4.37. The Kier molecular flexibility index (Phi) is 4.98. The zero-order valence-corrected chi connectivity index (χ0v) is 10.8. The SMILES string of the molecule is CCOCCNC(=O)c1cc(S(=O)(=O)Cl)c[nH]1. The van der Waals surface area contributed by atoms with Crippen LogP contribution in [-0.2, 0) is 13.8 Å². The first kappa shape index (κ1) is 14.0. The van der Waals surface area contributed by atoms with Gasteiger partial charge >= 0.3 is 0 Å². The van der Waals surface area contributed by atoms with Crippen molar-refractivity contribution in [3.05, 3.63) is 18.0 Å². The van der Waals surface area contributed by atoms with Crippen LogP contribution in [0, 0.1) is 0 Å². The lowest BCUT2D eigenvalue weighted by atomic mass is 10.4. The molecule has 1 amide bonds. The summed E-state index contributed by atoms with van der Waals surface area (Å²) < 4.78 is 27.0. The van der Waals surface area contributed by atoms with Crippen molar-refractivity contribution in [3.8, 4) is 0 Å². The van der Waals surface area contributed by atoms with Gasteiger partial charge in [-0.2, -0.15) is 0 Å². The quantitative estimate of drug-likeness (QED) is 0.593. The van der Waals surface area contributed by atoms with Crippen molar-refractivity contribution >= 4 is 25.6 Å². The minimum absolute atomic E-state index is 0.130. The van der Waals surface area contributed by atoms with Crippen LogP contribution in [0.25, 0.3) is 0 Å². The Morgan fingerprint density at radius 3 is 2.82 bits per heavy atom. The first-order valence-corrected chi connectivity index (χ1v) is 7.25. The van der Waals surface area contributed by atoms with E-state index in [9.17, 15) is 13.2 Å². The summed E-state index contributed by atoms with van der Waals surface area (Å²) in [6.45, 7) is 3.19. The highest BCUT2D eigenvalue weighted by molar-refractivity contribution is 8.13. The molecule has 0 aliphatic rings. The first-order valence-electron chi connectivity index (χ1n) is 4.94. The van der Waals surface area contributed by atoms with Crippen molar-refractivity contribution in [1.29, 1.82) is 0 Å². The first-order chi connectivity index (χ1) is 7.95. The van der Waals surface area contributed by atoms with Gasteiger partial charge in [-0.25, -0.2) is 8.42 Å². The summed E-state index contributed by atoms with van der Waals surface area (Å²) in [5.74, 6) is -0.406. The molecule has 1 heterocycles. The molecule has 0 spiro atoms. The molecule has 1 aromatic rings. The number of ether oxygens (including phenoxy) is 1. The normalized spacial score (nSPS) is 11.4. The number of carbonyl (C=O) groups is 1. The fourth-order valence-corrected chi connectivity index (χ4v) is 1.85. The average molecular weight is 281 g/mol. The largest absolute Gasteiger partial charge is 0.380 e. The number of aromatic amines is 1. The molecule has 0 atom stereocenters. The number of amides is 1. The molecule has 8 heteroatoms. The van der Waals surface area contributed by atoms with E-state index in [4.69, 9.17) is 15.4 Å². The lowest BCUT2D eigenvalue weighted by molar-refractivity contribution is 0.0918. The van der Waals surface area contributed by atoms with Gasteiger partial charge in [0, 0.05) is 30.0 Å². The third-order valence-corrected chi connectivity index (χ3v) is 3.25. The van der Waals surface area contributed by atoms with Crippen molar-refractivity contribution in [3.63, 3.8) is 0 Å². The molecule has 1 aromatic heterocycles. The minimum atomic E-state index is -3.81. The van der Waals surface area contributed by atoms with Crippen LogP contribution < -0.4 is 5.32 Å². The van der Waals surface area contributed by atoms with Crippen LogP contribution in [0.1, 0.15) is 17.4 Å². The van der Waals surface area contributed by atoms with Crippen LogP contribution in [0.15, 0.2) is 17.2 Å². The van der Waals surface area contributed by atoms with E-state index in [0.717, 1.165) is 0 Å². The molecule has 0 saturated heterocycles. The standard InChI is InChI=1S/C9H13ClN2O4S/c1-2-16-4-3-11-9(13)8-5-7(6-12-8)17(10,14)15/h5-6,12H,2-4H2,1H3,(H,11,13). The molecule has 96 valence electrons.